The molecule has 0 aromatic rings. The van der Waals surface area contributed by atoms with Gasteiger partial charge in [-0.05, 0) is 18.8 Å². The van der Waals surface area contributed by atoms with E-state index in [2.05, 4.69) is 22.9 Å². The van der Waals surface area contributed by atoms with E-state index in [1.54, 1.807) is 0 Å². The van der Waals surface area contributed by atoms with Crippen LogP contribution in [0.1, 0.15) is 19.8 Å². The lowest BCUT2D eigenvalue weighted by molar-refractivity contribution is 0.163. The van der Waals surface area contributed by atoms with E-state index in [1.165, 1.54) is 12.8 Å². The normalized spacial score (nSPS) is 38.2. The molecule has 1 rings (SSSR count). The lowest BCUT2D eigenvalue weighted by Gasteiger charge is -2.07. The molecule has 0 N–H and O–H groups in total. The first-order valence-electron chi connectivity index (χ1n) is 3.10. The Labute approximate surface area is 58.5 Å². The maximum Gasteiger partial charge on any atom is 0.115 e. The zero-order valence-corrected chi connectivity index (χ0v) is 6.65. The smallest absolute Gasteiger partial charge is 0.115 e. The third-order valence-corrected chi connectivity index (χ3v) is 2.67. The van der Waals surface area contributed by atoms with Gasteiger partial charge in [0.15, 0.2) is 0 Å². The molecule has 0 spiro atoms. The van der Waals surface area contributed by atoms with Crippen LogP contribution in [0.2, 0.25) is 0 Å². The molecule has 0 bridgehead atoms. The van der Waals surface area contributed by atoms with Gasteiger partial charge < -0.3 is 4.74 Å². The number of ether oxygens (including phenoxy) is 1. The van der Waals surface area contributed by atoms with E-state index in [0.29, 0.717) is 5.01 Å². The SMILES string of the molecule is CCC1CCOC1Br. The van der Waals surface area contributed by atoms with E-state index in [0.717, 1.165) is 12.5 Å². The van der Waals surface area contributed by atoms with Gasteiger partial charge >= 0.3 is 0 Å². The molecule has 0 aromatic carbocycles. The van der Waals surface area contributed by atoms with Crippen LogP contribution in [0.4, 0.5) is 0 Å². The van der Waals surface area contributed by atoms with Gasteiger partial charge in [0, 0.05) is 6.61 Å². The first-order valence-corrected chi connectivity index (χ1v) is 4.02. The van der Waals surface area contributed by atoms with Gasteiger partial charge in [-0.2, -0.15) is 0 Å². The standard InChI is InChI=1S/C6H11BrO/c1-2-5-3-4-8-6(5)7/h5-6H,2-4H2,1H3. The van der Waals surface area contributed by atoms with Gasteiger partial charge in [-0.3, -0.25) is 0 Å². The van der Waals surface area contributed by atoms with Crippen LogP contribution in [0, 0.1) is 5.92 Å². The van der Waals surface area contributed by atoms with Crippen molar-refractivity contribution in [2.24, 2.45) is 5.92 Å². The van der Waals surface area contributed by atoms with Crippen molar-refractivity contribution >= 4 is 15.9 Å². The van der Waals surface area contributed by atoms with Gasteiger partial charge in [0.05, 0.1) is 0 Å². The van der Waals surface area contributed by atoms with E-state index in [9.17, 15) is 0 Å². The number of hydrogen-bond acceptors (Lipinski definition) is 1. The Morgan fingerprint density at radius 2 is 2.50 bits per heavy atom. The minimum atomic E-state index is 0.340. The van der Waals surface area contributed by atoms with E-state index < -0.39 is 0 Å². The van der Waals surface area contributed by atoms with Gasteiger partial charge in [-0.1, -0.05) is 22.9 Å². The molecular weight excluding hydrogens is 168 g/mol. The second kappa shape index (κ2) is 2.83. The fourth-order valence-electron chi connectivity index (χ4n) is 0.989. The molecule has 0 radical (unpaired) electrons. The highest BCUT2D eigenvalue weighted by Crippen LogP contribution is 2.27. The van der Waals surface area contributed by atoms with Gasteiger partial charge in [0.25, 0.3) is 0 Å². The Hall–Kier alpha value is 0.440. The number of halogens is 1. The van der Waals surface area contributed by atoms with Crippen LogP contribution in [-0.2, 0) is 4.74 Å². The number of alkyl halides is 1. The van der Waals surface area contributed by atoms with E-state index in [4.69, 9.17) is 4.74 Å². The van der Waals surface area contributed by atoms with Crippen LogP contribution in [0.3, 0.4) is 0 Å². The topological polar surface area (TPSA) is 9.23 Å². The van der Waals surface area contributed by atoms with Crippen molar-refractivity contribution in [1.29, 1.82) is 0 Å². The van der Waals surface area contributed by atoms with Crippen molar-refractivity contribution in [3.05, 3.63) is 0 Å². The molecule has 1 aliphatic rings. The number of hydrogen-bond donors (Lipinski definition) is 0. The Morgan fingerprint density at radius 3 is 2.75 bits per heavy atom. The van der Waals surface area contributed by atoms with Crippen LogP contribution in [0.5, 0.6) is 0 Å². The summed E-state index contributed by atoms with van der Waals surface area (Å²) >= 11 is 3.44. The Balaban J connectivity index is 2.30. The molecule has 0 amide bonds. The van der Waals surface area contributed by atoms with Crippen molar-refractivity contribution in [1.82, 2.24) is 0 Å². The highest BCUT2D eigenvalue weighted by molar-refractivity contribution is 9.09. The van der Waals surface area contributed by atoms with Gasteiger partial charge in [-0.25, -0.2) is 0 Å². The molecule has 48 valence electrons. The Kier molecular flexibility index (Phi) is 2.32. The van der Waals surface area contributed by atoms with Gasteiger partial charge in [0.1, 0.15) is 5.01 Å². The molecule has 2 unspecified atom stereocenters. The van der Waals surface area contributed by atoms with E-state index in [1.807, 2.05) is 0 Å². The highest BCUT2D eigenvalue weighted by Gasteiger charge is 2.23. The summed E-state index contributed by atoms with van der Waals surface area (Å²) in [5.41, 5.74) is 0. The molecule has 1 saturated heterocycles. The van der Waals surface area contributed by atoms with Crippen LogP contribution in [-0.4, -0.2) is 11.6 Å². The molecule has 0 aliphatic carbocycles. The summed E-state index contributed by atoms with van der Waals surface area (Å²) in [6.07, 6.45) is 2.46. The van der Waals surface area contributed by atoms with Crippen molar-refractivity contribution in [3.8, 4) is 0 Å². The van der Waals surface area contributed by atoms with Crippen LogP contribution >= 0.6 is 15.9 Å². The average Bonchev–Trinajstić information content (AvgIpc) is 2.14. The molecule has 1 aliphatic heterocycles. The first-order chi connectivity index (χ1) is 3.84. The lowest BCUT2D eigenvalue weighted by Crippen LogP contribution is -2.05. The van der Waals surface area contributed by atoms with Gasteiger partial charge in [0.2, 0.25) is 0 Å². The minimum absolute atomic E-state index is 0.340. The summed E-state index contributed by atoms with van der Waals surface area (Å²) in [6, 6.07) is 0. The van der Waals surface area contributed by atoms with Crippen LogP contribution in [0.25, 0.3) is 0 Å². The summed E-state index contributed by atoms with van der Waals surface area (Å²) in [6.45, 7) is 3.14. The molecular formula is C6H11BrO. The predicted octanol–water partition coefficient (Wildman–Crippen LogP) is 2.15. The summed E-state index contributed by atoms with van der Waals surface area (Å²) < 4.78 is 5.27. The third-order valence-electron chi connectivity index (χ3n) is 1.66. The monoisotopic (exact) mass is 178 g/mol. The summed E-state index contributed by atoms with van der Waals surface area (Å²) in [7, 11) is 0. The fourth-order valence-corrected chi connectivity index (χ4v) is 1.81. The maximum atomic E-state index is 5.27. The van der Waals surface area contributed by atoms with Crippen molar-refractivity contribution < 1.29 is 4.74 Å². The minimum Gasteiger partial charge on any atom is -0.367 e. The van der Waals surface area contributed by atoms with E-state index >= 15 is 0 Å². The van der Waals surface area contributed by atoms with Gasteiger partial charge in [-0.15, -0.1) is 0 Å². The summed E-state index contributed by atoms with van der Waals surface area (Å²) in [4.78, 5) is 0. The quantitative estimate of drug-likeness (QED) is 0.560. The molecule has 2 heteroatoms. The summed E-state index contributed by atoms with van der Waals surface area (Å²) in [5.74, 6) is 0.759. The predicted molar refractivity (Wildman–Crippen MR) is 37.1 cm³/mol. The molecule has 0 saturated carbocycles. The first kappa shape index (κ1) is 6.56. The molecule has 1 fully saturated rings. The van der Waals surface area contributed by atoms with Crippen molar-refractivity contribution in [2.75, 3.05) is 6.61 Å². The van der Waals surface area contributed by atoms with Crippen molar-refractivity contribution in [2.45, 2.75) is 24.8 Å². The molecule has 8 heavy (non-hydrogen) atoms. The van der Waals surface area contributed by atoms with Crippen molar-refractivity contribution in [3.63, 3.8) is 0 Å². The second-order valence-electron chi connectivity index (χ2n) is 2.18. The summed E-state index contributed by atoms with van der Waals surface area (Å²) in [5, 5.41) is 0.340. The molecule has 0 aromatic heterocycles. The Morgan fingerprint density at radius 1 is 1.75 bits per heavy atom. The molecule has 2 atom stereocenters. The largest absolute Gasteiger partial charge is 0.367 e. The second-order valence-corrected chi connectivity index (χ2v) is 3.08. The molecule has 1 heterocycles. The zero-order chi connectivity index (χ0) is 5.98. The Bertz CT molecular complexity index is 74.9. The third kappa shape index (κ3) is 1.23. The fraction of sp³-hybridized carbons (Fsp3) is 1.00. The highest BCUT2D eigenvalue weighted by atomic mass is 79.9. The van der Waals surface area contributed by atoms with Crippen LogP contribution in [0.15, 0.2) is 0 Å². The van der Waals surface area contributed by atoms with Crippen LogP contribution < -0.4 is 0 Å². The zero-order valence-electron chi connectivity index (χ0n) is 5.06. The van der Waals surface area contributed by atoms with E-state index in [-0.39, 0.29) is 0 Å². The number of rotatable bonds is 1. The lowest BCUT2D eigenvalue weighted by atomic mass is 10.1. The average molecular weight is 179 g/mol. The maximum absolute atomic E-state index is 5.27. The molecule has 1 nitrogen and oxygen atoms in total.